The number of likely N-dealkylation sites (N-methyl/N-ethyl adjacent to an activating group) is 1. The topological polar surface area (TPSA) is 73.9 Å². The van der Waals surface area contributed by atoms with E-state index in [4.69, 9.17) is 10.9 Å². The Morgan fingerprint density at radius 1 is 1.38 bits per heavy atom. The van der Waals surface area contributed by atoms with Crippen molar-refractivity contribution < 1.29 is 5.21 Å². The van der Waals surface area contributed by atoms with Crippen LogP contribution in [0.5, 0.6) is 0 Å². The molecule has 1 aromatic rings. The number of nitrogens with two attached hydrogens (primary N) is 1. The van der Waals surface area contributed by atoms with Crippen LogP contribution in [0.3, 0.4) is 0 Å². The lowest BCUT2D eigenvalue weighted by Gasteiger charge is -2.24. The van der Waals surface area contributed by atoms with Gasteiger partial charge in [0.2, 0.25) is 0 Å². The zero-order valence-corrected chi connectivity index (χ0v) is 12.8. The van der Waals surface area contributed by atoms with E-state index in [1.807, 2.05) is 24.3 Å². The first kappa shape index (κ1) is 15.8. The summed E-state index contributed by atoms with van der Waals surface area (Å²) < 4.78 is 0. The van der Waals surface area contributed by atoms with E-state index in [1.54, 1.807) is 0 Å². The van der Waals surface area contributed by atoms with Crippen LogP contribution in [0.25, 0.3) is 0 Å². The molecule has 4 N–H and O–H groups in total. The first-order valence-electron chi connectivity index (χ1n) is 7.69. The van der Waals surface area contributed by atoms with Gasteiger partial charge in [0, 0.05) is 31.2 Å². The average molecular weight is 290 g/mol. The van der Waals surface area contributed by atoms with E-state index in [-0.39, 0.29) is 5.84 Å². The molecule has 0 unspecified atom stereocenters. The van der Waals surface area contributed by atoms with Crippen molar-refractivity contribution in [1.82, 2.24) is 10.2 Å². The molecule has 1 saturated carbocycles. The van der Waals surface area contributed by atoms with E-state index in [0.717, 1.165) is 36.8 Å². The molecule has 0 aromatic heterocycles. The Kier molecular flexibility index (Phi) is 6.02. The maximum Gasteiger partial charge on any atom is 0.170 e. The summed E-state index contributed by atoms with van der Waals surface area (Å²) in [5.41, 5.74) is 7.53. The fourth-order valence-electron chi connectivity index (χ4n) is 2.98. The van der Waals surface area contributed by atoms with Gasteiger partial charge in [-0.2, -0.15) is 0 Å². The molecule has 0 aliphatic heterocycles. The fourth-order valence-corrected chi connectivity index (χ4v) is 2.98. The summed E-state index contributed by atoms with van der Waals surface area (Å²) in [6.07, 6.45) is 5.41. The van der Waals surface area contributed by atoms with Gasteiger partial charge in [-0.15, -0.1) is 0 Å². The van der Waals surface area contributed by atoms with E-state index in [9.17, 15) is 0 Å². The van der Waals surface area contributed by atoms with Gasteiger partial charge in [-0.1, -0.05) is 42.3 Å². The van der Waals surface area contributed by atoms with Gasteiger partial charge in [-0.05, 0) is 25.5 Å². The van der Waals surface area contributed by atoms with Crippen molar-refractivity contribution in [2.45, 2.75) is 38.3 Å². The fraction of sp³-hybridized carbons (Fsp3) is 0.562. The lowest BCUT2D eigenvalue weighted by molar-refractivity contribution is 0.245. The highest BCUT2D eigenvalue weighted by molar-refractivity contribution is 5.98. The van der Waals surface area contributed by atoms with Gasteiger partial charge in [0.05, 0.1) is 0 Å². The van der Waals surface area contributed by atoms with Gasteiger partial charge >= 0.3 is 0 Å². The SMILES string of the molecule is CN(CCNCc1ccccc1C(N)=NO)C1CCCC1. The molecule has 5 nitrogen and oxygen atoms in total. The third-order valence-corrected chi connectivity index (χ3v) is 4.31. The predicted molar refractivity (Wildman–Crippen MR) is 85.5 cm³/mol. The highest BCUT2D eigenvalue weighted by Gasteiger charge is 2.18. The van der Waals surface area contributed by atoms with Crippen LogP contribution >= 0.6 is 0 Å². The minimum Gasteiger partial charge on any atom is -0.409 e. The smallest absolute Gasteiger partial charge is 0.170 e. The van der Waals surface area contributed by atoms with Crippen molar-refractivity contribution in [3.63, 3.8) is 0 Å². The minimum absolute atomic E-state index is 0.162. The Morgan fingerprint density at radius 2 is 2.10 bits per heavy atom. The van der Waals surface area contributed by atoms with Gasteiger partial charge < -0.3 is 21.2 Å². The summed E-state index contributed by atoms with van der Waals surface area (Å²) in [7, 11) is 2.21. The summed E-state index contributed by atoms with van der Waals surface area (Å²) in [4.78, 5) is 2.45. The largest absolute Gasteiger partial charge is 0.409 e. The third kappa shape index (κ3) is 4.44. The lowest BCUT2D eigenvalue weighted by atomic mass is 10.1. The number of rotatable bonds is 7. The Hall–Kier alpha value is -1.59. The van der Waals surface area contributed by atoms with Crippen LogP contribution < -0.4 is 11.1 Å². The molecular weight excluding hydrogens is 264 g/mol. The maximum absolute atomic E-state index is 8.81. The molecule has 0 atom stereocenters. The number of hydrogen-bond acceptors (Lipinski definition) is 4. The van der Waals surface area contributed by atoms with Crippen molar-refractivity contribution in [2.24, 2.45) is 10.9 Å². The van der Waals surface area contributed by atoms with Gasteiger partial charge in [0.25, 0.3) is 0 Å². The molecule has 5 heteroatoms. The van der Waals surface area contributed by atoms with Crippen molar-refractivity contribution in [3.05, 3.63) is 35.4 Å². The summed E-state index contributed by atoms with van der Waals surface area (Å²) in [6.45, 7) is 2.72. The lowest BCUT2D eigenvalue weighted by Crippen LogP contribution is -2.35. The Morgan fingerprint density at radius 3 is 2.81 bits per heavy atom. The van der Waals surface area contributed by atoms with Gasteiger partial charge in [0.15, 0.2) is 5.84 Å². The predicted octanol–water partition coefficient (Wildman–Crippen LogP) is 1.75. The molecular formula is C16H26N4O. The number of nitrogens with one attached hydrogen (secondary N) is 1. The van der Waals surface area contributed by atoms with Gasteiger partial charge in [-0.3, -0.25) is 0 Å². The molecule has 1 fully saturated rings. The van der Waals surface area contributed by atoms with Crippen molar-refractivity contribution in [3.8, 4) is 0 Å². The molecule has 1 aromatic carbocycles. The summed E-state index contributed by atoms with van der Waals surface area (Å²) in [5.74, 6) is 0.162. The number of hydrogen-bond donors (Lipinski definition) is 3. The second kappa shape index (κ2) is 8.00. The van der Waals surface area contributed by atoms with Gasteiger partial charge in [-0.25, -0.2) is 0 Å². The molecule has 0 bridgehead atoms. The van der Waals surface area contributed by atoms with E-state index >= 15 is 0 Å². The van der Waals surface area contributed by atoms with Crippen LogP contribution in [-0.4, -0.2) is 42.1 Å². The standard InChI is InChI=1S/C16H26N4O/c1-20(14-7-3-4-8-14)11-10-18-12-13-6-2-5-9-15(13)16(17)19-21/h2,5-6,9,14,18,21H,3-4,7-8,10-12H2,1H3,(H2,17,19). The van der Waals surface area contributed by atoms with Crippen LogP contribution in [-0.2, 0) is 6.54 Å². The molecule has 0 spiro atoms. The number of benzene rings is 1. The zero-order valence-electron chi connectivity index (χ0n) is 12.8. The molecule has 21 heavy (non-hydrogen) atoms. The second-order valence-electron chi connectivity index (χ2n) is 5.74. The molecule has 116 valence electrons. The Balaban J connectivity index is 1.78. The van der Waals surface area contributed by atoms with E-state index in [0.29, 0.717) is 0 Å². The van der Waals surface area contributed by atoms with Crippen LogP contribution in [0.1, 0.15) is 36.8 Å². The number of nitrogens with zero attached hydrogens (tertiary/aromatic N) is 2. The molecule has 1 aliphatic carbocycles. The first-order valence-corrected chi connectivity index (χ1v) is 7.69. The maximum atomic E-state index is 8.81. The summed E-state index contributed by atoms with van der Waals surface area (Å²) in [5, 5.41) is 15.3. The number of oxime groups is 1. The normalized spacial score (nSPS) is 16.8. The second-order valence-corrected chi connectivity index (χ2v) is 5.74. The Bertz CT molecular complexity index is 469. The van der Waals surface area contributed by atoms with Gasteiger partial charge in [0.1, 0.15) is 0 Å². The minimum atomic E-state index is 0.162. The molecule has 2 rings (SSSR count). The molecule has 0 radical (unpaired) electrons. The molecule has 0 heterocycles. The molecule has 0 saturated heterocycles. The molecule has 1 aliphatic rings. The van der Waals surface area contributed by atoms with E-state index in [1.165, 1.54) is 25.7 Å². The van der Waals surface area contributed by atoms with Crippen LogP contribution in [0.2, 0.25) is 0 Å². The summed E-state index contributed by atoms with van der Waals surface area (Å²) in [6, 6.07) is 8.49. The van der Waals surface area contributed by atoms with E-state index < -0.39 is 0 Å². The zero-order chi connectivity index (χ0) is 15.1. The summed E-state index contributed by atoms with van der Waals surface area (Å²) >= 11 is 0. The van der Waals surface area contributed by atoms with Crippen molar-refractivity contribution in [2.75, 3.05) is 20.1 Å². The first-order chi connectivity index (χ1) is 10.2. The average Bonchev–Trinajstić information content (AvgIpc) is 3.05. The highest BCUT2D eigenvalue weighted by Crippen LogP contribution is 2.21. The third-order valence-electron chi connectivity index (χ3n) is 4.31. The number of amidine groups is 1. The van der Waals surface area contributed by atoms with Crippen molar-refractivity contribution >= 4 is 5.84 Å². The van der Waals surface area contributed by atoms with Crippen LogP contribution in [0, 0.1) is 0 Å². The quantitative estimate of drug-likeness (QED) is 0.235. The monoisotopic (exact) mass is 290 g/mol. The van der Waals surface area contributed by atoms with Crippen LogP contribution in [0.4, 0.5) is 0 Å². The van der Waals surface area contributed by atoms with E-state index in [2.05, 4.69) is 22.4 Å². The highest BCUT2D eigenvalue weighted by atomic mass is 16.4. The molecule has 0 amide bonds. The van der Waals surface area contributed by atoms with Crippen molar-refractivity contribution in [1.29, 1.82) is 0 Å². The van der Waals surface area contributed by atoms with Crippen LogP contribution in [0.15, 0.2) is 29.4 Å². The Labute approximate surface area is 126 Å².